The third-order valence-electron chi connectivity index (χ3n) is 6.46. The molecule has 1 aliphatic rings. The second-order valence-corrected chi connectivity index (χ2v) is 8.99. The van der Waals surface area contributed by atoms with Gasteiger partial charge in [-0.1, -0.05) is 6.07 Å². The lowest BCUT2D eigenvalue weighted by Crippen LogP contribution is -2.20. The molecular weight excluding hydrogens is 454 g/mol. The van der Waals surface area contributed by atoms with Crippen LogP contribution in [0, 0.1) is 5.92 Å². The summed E-state index contributed by atoms with van der Waals surface area (Å²) >= 11 is 0. The second kappa shape index (κ2) is 8.21. The van der Waals surface area contributed by atoms with Crippen LogP contribution in [0.1, 0.15) is 12.8 Å². The molecule has 0 aliphatic heterocycles. The second-order valence-electron chi connectivity index (χ2n) is 8.99. The van der Waals surface area contributed by atoms with Crippen LogP contribution >= 0.6 is 0 Å². The maximum atomic E-state index is 10.2. The fourth-order valence-electron chi connectivity index (χ4n) is 4.39. The van der Waals surface area contributed by atoms with Crippen molar-refractivity contribution in [2.45, 2.75) is 19.1 Å². The molecule has 6 heterocycles. The molecule has 6 aromatic rings. The Bertz CT molecular complexity index is 1710. The molecule has 36 heavy (non-hydrogen) atoms. The lowest BCUT2D eigenvalue weighted by molar-refractivity contribution is 0.180. The van der Waals surface area contributed by atoms with E-state index in [0.717, 1.165) is 62.8 Å². The summed E-state index contributed by atoms with van der Waals surface area (Å²) in [5.41, 5.74) is 7.28. The van der Waals surface area contributed by atoms with Gasteiger partial charge in [-0.15, -0.1) is 0 Å². The third kappa shape index (κ3) is 3.64. The van der Waals surface area contributed by atoms with Crippen molar-refractivity contribution < 1.29 is 5.11 Å². The van der Waals surface area contributed by atoms with Crippen molar-refractivity contribution in [1.29, 1.82) is 0 Å². The Morgan fingerprint density at radius 3 is 2.69 bits per heavy atom. The number of nitrogens with one attached hydrogen (secondary N) is 3. The number of fused-ring (bicyclic) bond motifs is 2. The Morgan fingerprint density at radius 2 is 1.83 bits per heavy atom. The van der Waals surface area contributed by atoms with Gasteiger partial charge in [0.15, 0.2) is 5.82 Å². The largest absolute Gasteiger partial charge is 0.374 e. The first-order chi connectivity index (χ1) is 17.7. The molecular formula is C26H21N9O. The number of hydrogen-bond donors (Lipinski definition) is 4. The van der Waals surface area contributed by atoms with Crippen LogP contribution in [0.2, 0.25) is 0 Å². The summed E-state index contributed by atoms with van der Waals surface area (Å²) in [6.07, 6.45) is 13.8. The molecule has 1 saturated carbocycles. The number of hydrogen-bond acceptors (Lipinski definition) is 8. The first-order valence-electron chi connectivity index (χ1n) is 11.7. The molecule has 0 radical (unpaired) electrons. The molecule has 0 spiro atoms. The minimum absolute atomic E-state index is 0.314. The molecule has 10 nitrogen and oxygen atoms in total. The Kier molecular flexibility index (Phi) is 4.71. The Labute approximate surface area is 204 Å². The van der Waals surface area contributed by atoms with Gasteiger partial charge >= 0.3 is 0 Å². The summed E-state index contributed by atoms with van der Waals surface area (Å²) in [6, 6.07) is 7.79. The van der Waals surface area contributed by atoms with Gasteiger partial charge in [-0.2, -0.15) is 5.10 Å². The highest BCUT2D eigenvalue weighted by Gasteiger charge is 2.29. The lowest BCUT2D eigenvalue weighted by Gasteiger charge is -2.13. The van der Waals surface area contributed by atoms with E-state index >= 15 is 0 Å². The van der Waals surface area contributed by atoms with Gasteiger partial charge in [-0.25, -0.2) is 4.98 Å². The summed E-state index contributed by atoms with van der Waals surface area (Å²) < 4.78 is 0. The molecule has 176 valence electrons. The van der Waals surface area contributed by atoms with Crippen molar-refractivity contribution in [3.63, 3.8) is 0 Å². The molecule has 0 bridgehead atoms. The van der Waals surface area contributed by atoms with Crippen molar-refractivity contribution in [2.24, 2.45) is 5.92 Å². The SMILES string of the molecule is OC(Nc1cncc(-c2cc3c(-c4nc5c(-c6cccnc6)cncc5[nH]4)n[nH]c3cn2)c1)C1CC1. The highest BCUT2D eigenvalue weighted by atomic mass is 16.3. The quantitative estimate of drug-likeness (QED) is 0.263. The first-order valence-corrected chi connectivity index (χ1v) is 11.7. The standard InChI is InChI=1S/C26H21N9O/c36-26(14-3-4-14)31-17-6-16(9-28-10-17)20-7-18-21(13-30-20)34-35-24(18)25-32-22-12-29-11-19(23(22)33-25)15-2-1-5-27-8-15/h1-2,5-14,26,31,36H,3-4H2,(H,32,33)(H,34,35). The molecule has 7 rings (SSSR count). The van der Waals surface area contributed by atoms with Gasteiger partial charge in [0.05, 0.1) is 41.0 Å². The van der Waals surface area contributed by atoms with E-state index in [-0.39, 0.29) is 0 Å². The van der Waals surface area contributed by atoms with E-state index in [0.29, 0.717) is 17.4 Å². The molecule has 1 atom stereocenters. The Balaban J connectivity index is 1.28. The Hall–Kier alpha value is -4.70. The summed E-state index contributed by atoms with van der Waals surface area (Å²) in [6.45, 7) is 0. The van der Waals surface area contributed by atoms with Crippen LogP contribution in [-0.4, -0.2) is 51.4 Å². The average molecular weight is 476 g/mol. The zero-order chi connectivity index (χ0) is 24.1. The van der Waals surface area contributed by atoms with E-state index in [1.807, 2.05) is 24.3 Å². The average Bonchev–Trinajstić information content (AvgIpc) is 3.55. The van der Waals surface area contributed by atoms with Gasteiger partial charge in [-0.05, 0) is 31.0 Å². The topological polar surface area (TPSA) is 141 Å². The molecule has 1 unspecified atom stereocenters. The number of aromatic amines is 2. The van der Waals surface area contributed by atoms with Crippen LogP contribution in [0.4, 0.5) is 5.69 Å². The van der Waals surface area contributed by atoms with Crippen molar-refractivity contribution >= 4 is 27.6 Å². The summed E-state index contributed by atoms with van der Waals surface area (Å²) in [7, 11) is 0. The molecule has 0 amide bonds. The number of aliphatic hydroxyl groups is 1. The van der Waals surface area contributed by atoms with E-state index < -0.39 is 6.23 Å². The maximum Gasteiger partial charge on any atom is 0.159 e. The van der Waals surface area contributed by atoms with Crippen molar-refractivity contribution in [1.82, 2.24) is 40.1 Å². The first kappa shape index (κ1) is 20.7. The predicted octanol–water partition coefficient (Wildman–Crippen LogP) is 4.16. The number of H-pyrrole nitrogens is 2. The summed E-state index contributed by atoms with van der Waals surface area (Å²) in [5.74, 6) is 0.946. The van der Waals surface area contributed by atoms with Crippen molar-refractivity contribution in [2.75, 3.05) is 5.32 Å². The molecule has 0 aromatic carbocycles. The van der Waals surface area contributed by atoms with Crippen LogP contribution in [-0.2, 0) is 0 Å². The van der Waals surface area contributed by atoms with E-state index in [1.165, 1.54) is 0 Å². The van der Waals surface area contributed by atoms with Crippen LogP contribution in [0.25, 0.3) is 55.8 Å². The predicted molar refractivity (Wildman–Crippen MR) is 136 cm³/mol. The lowest BCUT2D eigenvalue weighted by atomic mass is 10.1. The van der Waals surface area contributed by atoms with Gasteiger partial charge in [-0.3, -0.25) is 25.0 Å². The highest BCUT2D eigenvalue weighted by Crippen LogP contribution is 2.34. The van der Waals surface area contributed by atoms with Crippen molar-refractivity contribution in [3.05, 3.63) is 67.6 Å². The number of aromatic nitrogens is 8. The molecule has 1 aliphatic carbocycles. The zero-order valence-corrected chi connectivity index (χ0v) is 19.1. The number of nitrogens with zero attached hydrogens (tertiary/aromatic N) is 6. The van der Waals surface area contributed by atoms with E-state index in [4.69, 9.17) is 4.98 Å². The summed E-state index contributed by atoms with van der Waals surface area (Å²) in [4.78, 5) is 25.8. The van der Waals surface area contributed by atoms with E-state index in [2.05, 4.69) is 40.4 Å². The summed E-state index contributed by atoms with van der Waals surface area (Å²) in [5, 5.41) is 21.8. The molecule has 6 aromatic heterocycles. The van der Waals surface area contributed by atoms with Gasteiger partial charge in [0, 0.05) is 52.8 Å². The maximum absolute atomic E-state index is 10.2. The smallest absolute Gasteiger partial charge is 0.159 e. The molecule has 0 saturated heterocycles. The van der Waals surface area contributed by atoms with Crippen LogP contribution in [0.5, 0.6) is 0 Å². The number of anilines is 1. The number of rotatable bonds is 6. The van der Waals surface area contributed by atoms with Crippen LogP contribution in [0.15, 0.2) is 67.6 Å². The molecule has 1 fully saturated rings. The third-order valence-corrected chi connectivity index (χ3v) is 6.46. The minimum Gasteiger partial charge on any atom is -0.374 e. The number of pyridine rings is 4. The van der Waals surface area contributed by atoms with Gasteiger partial charge < -0.3 is 15.4 Å². The molecule has 10 heteroatoms. The number of aliphatic hydroxyl groups excluding tert-OH is 1. The van der Waals surface area contributed by atoms with E-state index in [1.54, 1.807) is 43.4 Å². The fraction of sp³-hybridized carbons (Fsp3) is 0.154. The van der Waals surface area contributed by atoms with Crippen LogP contribution in [0.3, 0.4) is 0 Å². The van der Waals surface area contributed by atoms with Crippen molar-refractivity contribution in [3.8, 4) is 33.9 Å². The molecule has 4 N–H and O–H groups in total. The van der Waals surface area contributed by atoms with E-state index in [9.17, 15) is 5.11 Å². The Morgan fingerprint density at radius 1 is 0.944 bits per heavy atom. The zero-order valence-electron chi connectivity index (χ0n) is 19.1. The van der Waals surface area contributed by atoms with Gasteiger partial charge in [0.2, 0.25) is 0 Å². The fourth-order valence-corrected chi connectivity index (χ4v) is 4.39. The number of imidazole rings is 1. The van der Waals surface area contributed by atoms with Gasteiger partial charge in [0.1, 0.15) is 17.4 Å². The van der Waals surface area contributed by atoms with Gasteiger partial charge in [0.25, 0.3) is 0 Å². The highest BCUT2D eigenvalue weighted by molar-refractivity contribution is 5.97. The normalized spacial score (nSPS) is 14.4. The van der Waals surface area contributed by atoms with Crippen LogP contribution < -0.4 is 5.32 Å². The monoisotopic (exact) mass is 475 g/mol. The minimum atomic E-state index is -0.558.